The van der Waals surface area contributed by atoms with Crippen LogP contribution in [-0.2, 0) is 0 Å². The monoisotopic (exact) mass is 293 g/mol. The van der Waals surface area contributed by atoms with Gasteiger partial charge < -0.3 is 10.2 Å². The zero-order valence-electron chi connectivity index (χ0n) is 10.5. The summed E-state index contributed by atoms with van der Waals surface area (Å²) in [6.07, 6.45) is 0. The molecule has 1 N–H and O–H groups in total. The molecule has 4 nitrogen and oxygen atoms in total. The summed E-state index contributed by atoms with van der Waals surface area (Å²) < 4.78 is 0. The minimum Gasteiger partial charge on any atom is -0.350 e. The molecule has 2 aromatic rings. The molecule has 0 radical (unpaired) electrons. The van der Waals surface area contributed by atoms with Gasteiger partial charge >= 0.3 is 0 Å². The van der Waals surface area contributed by atoms with Crippen molar-refractivity contribution < 1.29 is 4.79 Å². The Morgan fingerprint density at radius 2 is 2.16 bits per heavy atom. The highest BCUT2D eigenvalue weighted by Gasteiger charge is 2.13. The fourth-order valence-electron chi connectivity index (χ4n) is 1.54. The van der Waals surface area contributed by atoms with Gasteiger partial charge in [0.15, 0.2) is 5.13 Å². The standard InChI is InChI=1S/C13H15N3OS2/c1-16(10-5-3-2-4-6-10)13-15-11(9-19-13)12(17)14-7-8-18/h2-6,9,18H,7-8H2,1H3,(H,14,17). The molecule has 1 aromatic carbocycles. The Morgan fingerprint density at radius 3 is 2.84 bits per heavy atom. The Kier molecular flexibility index (Phi) is 4.81. The molecule has 0 fully saturated rings. The molecule has 0 aliphatic carbocycles. The number of hydrogen-bond acceptors (Lipinski definition) is 5. The van der Waals surface area contributed by atoms with Crippen molar-refractivity contribution in [2.75, 3.05) is 24.2 Å². The second-order valence-electron chi connectivity index (χ2n) is 3.89. The number of rotatable bonds is 5. The Bertz CT molecular complexity index is 542. The van der Waals surface area contributed by atoms with E-state index >= 15 is 0 Å². The molecule has 19 heavy (non-hydrogen) atoms. The number of aromatic nitrogens is 1. The lowest BCUT2D eigenvalue weighted by Crippen LogP contribution is -2.25. The van der Waals surface area contributed by atoms with E-state index in [-0.39, 0.29) is 5.91 Å². The smallest absolute Gasteiger partial charge is 0.270 e. The molecule has 0 saturated heterocycles. The largest absolute Gasteiger partial charge is 0.350 e. The highest BCUT2D eigenvalue weighted by Crippen LogP contribution is 2.26. The second kappa shape index (κ2) is 6.58. The van der Waals surface area contributed by atoms with Crippen molar-refractivity contribution in [2.45, 2.75) is 0 Å². The number of thiol groups is 1. The van der Waals surface area contributed by atoms with Crippen LogP contribution >= 0.6 is 24.0 Å². The molecule has 0 saturated carbocycles. The van der Waals surface area contributed by atoms with Gasteiger partial charge in [0.2, 0.25) is 0 Å². The van der Waals surface area contributed by atoms with Crippen LogP contribution < -0.4 is 10.2 Å². The summed E-state index contributed by atoms with van der Waals surface area (Å²) in [4.78, 5) is 18.1. The SMILES string of the molecule is CN(c1ccccc1)c1nc(C(=O)NCCS)cs1. The Morgan fingerprint density at radius 1 is 1.42 bits per heavy atom. The number of amides is 1. The molecule has 0 aliphatic rings. The van der Waals surface area contributed by atoms with Crippen LogP contribution in [0.2, 0.25) is 0 Å². The minimum absolute atomic E-state index is 0.155. The molecule has 0 spiro atoms. The molecule has 0 bridgehead atoms. The van der Waals surface area contributed by atoms with Crippen LogP contribution in [-0.4, -0.2) is 30.2 Å². The van der Waals surface area contributed by atoms with Gasteiger partial charge in [0, 0.05) is 30.4 Å². The van der Waals surface area contributed by atoms with Crippen molar-refractivity contribution in [2.24, 2.45) is 0 Å². The molecular weight excluding hydrogens is 278 g/mol. The van der Waals surface area contributed by atoms with Gasteiger partial charge in [-0.25, -0.2) is 4.98 Å². The van der Waals surface area contributed by atoms with Gasteiger partial charge in [-0.3, -0.25) is 4.79 Å². The summed E-state index contributed by atoms with van der Waals surface area (Å²) in [6, 6.07) is 9.92. The number of benzene rings is 1. The van der Waals surface area contributed by atoms with Crippen LogP contribution in [0.5, 0.6) is 0 Å². The second-order valence-corrected chi connectivity index (χ2v) is 5.17. The zero-order valence-corrected chi connectivity index (χ0v) is 12.2. The Labute approximate surface area is 121 Å². The summed E-state index contributed by atoms with van der Waals surface area (Å²) in [5.41, 5.74) is 1.49. The third kappa shape index (κ3) is 3.48. The molecule has 2 rings (SSSR count). The summed E-state index contributed by atoms with van der Waals surface area (Å²) in [5.74, 6) is 0.463. The molecule has 1 heterocycles. The molecule has 0 atom stereocenters. The van der Waals surface area contributed by atoms with Gasteiger partial charge in [0.1, 0.15) is 5.69 Å². The lowest BCUT2D eigenvalue weighted by atomic mass is 10.3. The molecule has 100 valence electrons. The third-order valence-corrected chi connectivity index (χ3v) is 3.69. The van der Waals surface area contributed by atoms with Crippen molar-refractivity contribution >= 4 is 40.7 Å². The predicted molar refractivity (Wildman–Crippen MR) is 82.8 cm³/mol. The fourth-order valence-corrected chi connectivity index (χ4v) is 2.45. The van der Waals surface area contributed by atoms with E-state index in [1.807, 2.05) is 42.3 Å². The molecule has 6 heteroatoms. The minimum atomic E-state index is -0.155. The summed E-state index contributed by atoms with van der Waals surface area (Å²) in [5, 5.41) is 5.31. The lowest BCUT2D eigenvalue weighted by molar-refractivity contribution is 0.0952. The molecule has 0 aliphatic heterocycles. The normalized spacial score (nSPS) is 10.2. The molecule has 0 unspecified atom stereocenters. The van der Waals surface area contributed by atoms with E-state index in [9.17, 15) is 4.79 Å². The molecule has 1 aromatic heterocycles. The molecular formula is C13H15N3OS2. The maximum Gasteiger partial charge on any atom is 0.270 e. The summed E-state index contributed by atoms with van der Waals surface area (Å²) in [6.45, 7) is 0.545. The highest BCUT2D eigenvalue weighted by atomic mass is 32.1. The van der Waals surface area contributed by atoms with E-state index in [4.69, 9.17) is 0 Å². The van der Waals surface area contributed by atoms with Crippen molar-refractivity contribution in [3.05, 3.63) is 41.4 Å². The van der Waals surface area contributed by atoms with Crippen molar-refractivity contribution in [1.29, 1.82) is 0 Å². The topological polar surface area (TPSA) is 45.2 Å². The third-order valence-electron chi connectivity index (χ3n) is 2.55. The number of para-hydroxylation sites is 1. The van der Waals surface area contributed by atoms with E-state index in [1.165, 1.54) is 11.3 Å². The van der Waals surface area contributed by atoms with Gasteiger partial charge in [0.25, 0.3) is 5.91 Å². The van der Waals surface area contributed by atoms with Crippen molar-refractivity contribution in [3.63, 3.8) is 0 Å². The quantitative estimate of drug-likeness (QED) is 0.833. The maximum atomic E-state index is 11.8. The first-order valence-corrected chi connectivity index (χ1v) is 7.37. The summed E-state index contributed by atoms with van der Waals surface area (Å²) >= 11 is 5.50. The first-order valence-electron chi connectivity index (χ1n) is 5.85. The number of carbonyl (C=O) groups is 1. The van der Waals surface area contributed by atoms with Crippen molar-refractivity contribution in [3.8, 4) is 0 Å². The number of anilines is 2. The number of hydrogen-bond donors (Lipinski definition) is 2. The van der Waals surface area contributed by atoms with Gasteiger partial charge in [-0.15, -0.1) is 11.3 Å². The maximum absolute atomic E-state index is 11.8. The van der Waals surface area contributed by atoms with E-state index in [2.05, 4.69) is 22.9 Å². The summed E-state index contributed by atoms with van der Waals surface area (Å²) in [7, 11) is 1.93. The highest BCUT2D eigenvalue weighted by molar-refractivity contribution is 7.80. The molecule has 1 amide bonds. The van der Waals surface area contributed by atoms with Gasteiger partial charge in [-0.05, 0) is 12.1 Å². The average Bonchev–Trinajstić information content (AvgIpc) is 2.94. The Balaban J connectivity index is 2.10. The number of carbonyl (C=O) groups excluding carboxylic acids is 1. The van der Waals surface area contributed by atoms with Gasteiger partial charge in [-0.1, -0.05) is 18.2 Å². The van der Waals surface area contributed by atoms with Crippen LogP contribution in [0.3, 0.4) is 0 Å². The van der Waals surface area contributed by atoms with Crippen LogP contribution in [0.25, 0.3) is 0 Å². The van der Waals surface area contributed by atoms with Gasteiger partial charge in [-0.2, -0.15) is 12.6 Å². The van der Waals surface area contributed by atoms with E-state index in [1.54, 1.807) is 5.38 Å². The average molecular weight is 293 g/mol. The first-order chi connectivity index (χ1) is 9.22. The first kappa shape index (κ1) is 13.9. The van der Waals surface area contributed by atoms with Gasteiger partial charge in [0.05, 0.1) is 0 Å². The van der Waals surface area contributed by atoms with Crippen molar-refractivity contribution in [1.82, 2.24) is 10.3 Å². The number of nitrogens with zero attached hydrogens (tertiary/aromatic N) is 2. The van der Waals surface area contributed by atoms with E-state index in [0.717, 1.165) is 10.8 Å². The van der Waals surface area contributed by atoms with E-state index in [0.29, 0.717) is 18.0 Å². The predicted octanol–water partition coefficient (Wildman–Crippen LogP) is 2.57. The van der Waals surface area contributed by atoms with E-state index < -0.39 is 0 Å². The van der Waals surface area contributed by atoms with Crippen LogP contribution in [0, 0.1) is 0 Å². The Hall–Kier alpha value is -1.53. The van der Waals surface area contributed by atoms with Crippen LogP contribution in [0.1, 0.15) is 10.5 Å². The number of nitrogens with one attached hydrogen (secondary N) is 1. The van der Waals surface area contributed by atoms with Crippen LogP contribution in [0.15, 0.2) is 35.7 Å². The van der Waals surface area contributed by atoms with Crippen LogP contribution in [0.4, 0.5) is 10.8 Å². The zero-order chi connectivity index (χ0) is 13.7. The lowest BCUT2D eigenvalue weighted by Gasteiger charge is -2.15. The number of thiazole rings is 1. The fraction of sp³-hybridized carbons (Fsp3) is 0.231.